The minimum Gasteiger partial charge on any atom is -0.355 e. The third-order valence-electron chi connectivity index (χ3n) is 3.91. The highest BCUT2D eigenvalue weighted by Crippen LogP contribution is 2.24. The average molecular weight is 263 g/mol. The largest absolute Gasteiger partial charge is 0.355 e. The van der Waals surface area contributed by atoms with E-state index in [0.29, 0.717) is 6.04 Å². The summed E-state index contributed by atoms with van der Waals surface area (Å²) in [4.78, 5) is 13.3. The molecule has 2 rings (SSSR count). The summed E-state index contributed by atoms with van der Waals surface area (Å²) in [6.45, 7) is 8.62. The van der Waals surface area contributed by atoms with Crippen molar-refractivity contribution in [3.63, 3.8) is 0 Å². The first-order valence-corrected chi connectivity index (χ1v) is 6.90. The van der Waals surface area contributed by atoms with E-state index in [4.69, 9.17) is 0 Å². The van der Waals surface area contributed by atoms with Gasteiger partial charge in [-0.2, -0.15) is 0 Å². The molecule has 0 saturated carbocycles. The normalized spacial score (nSPS) is 19.8. The number of rotatable bonds is 3. The van der Waals surface area contributed by atoms with Gasteiger partial charge >= 0.3 is 0 Å². The van der Waals surface area contributed by atoms with Crippen molar-refractivity contribution in [3.05, 3.63) is 12.4 Å². The van der Waals surface area contributed by atoms with Gasteiger partial charge in [0, 0.05) is 37.8 Å². The predicted octanol–water partition coefficient (Wildman–Crippen LogP) is 1.51. The van der Waals surface area contributed by atoms with E-state index in [-0.39, 0.29) is 5.54 Å². The molecule has 1 saturated heterocycles. The van der Waals surface area contributed by atoms with Gasteiger partial charge in [-0.25, -0.2) is 9.97 Å². The highest BCUT2D eigenvalue weighted by molar-refractivity contribution is 5.51. The van der Waals surface area contributed by atoms with Crippen molar-refractivity contribution in [2.24, 2.45) is 0 Å². The molecule has 1 aliphatic heterocycles. The Bertz CT molecular complexity index is 426. The maximum Gasteiger partial charge on any atom is 0.134 e. The SMILES string of the molecule is CNC1CCN(c2cc(N(C)C(C)(C)C)ncn2)C1. The van der Waals surface area contributed by atoms with E-state index in [1.165, 1.54) is 6.42 Å². The molecule has 5 heteroatoms. The number of nitrogens with one attached hydrogen (secondary N) is 1. The van der Waals surface area contributed by atoms with Crippen LogP contribution in [0, 0.1) is 0 Å². The van der Waals surface area contributed by atoms with E-state index in [1.807, 2.05) is 7.05 Å². The lowest BCUT2D eigenvalue weighted by molar-refractivity contribution is 0.533. The van der Waals surface area contributed by atoms with Gasteiger partial charge in [-0.1, -0.05) is 0 Å². The number of aromatic nitrogens is 2. The lowest BCUT2D eigenvalue weighted by Gasteiger charge is -2.33. The summed E-state index contributed by atoms with van der Waals surface area (Å²) >= 11 is 0. The number of anilines is 2. The molecule has 1 aliphatic rings. The van der Waals surface area contributed by atoms with Crippen LogP contribution in [-0.2, 0) is 0 Å². The van der Waals surface area contributed by atoms with Crippen molar-refractivity contribution in [3.8, 4) is 0 Å². The molecule has 0 aliphatic carbocycles. The predicted molar refractivity (Wildman–Crippen MR) is 79.9 cm³/mol. The molecule has 1 fully saturated rings. The Kier molecular flexibility index (Phi) is 3.94. The molecule has 1 atom stereocenters. The zero-order valence-electron chi connectivity index (χ0n) is 12.6. The molecule has 5 nitrogen and oxygen atoms in total. The van der Waals surface area contributed by atoms with Gasteiger partial charge in [-0.15, -0.1) is 0 Å². The summed E-state index contributed by atoms with van der Waals surface area (Å²) in [5, 5.41) is 3.33. The Morgan fingerprint density at radius 2 is 2.11 bits per heavy atom. The van der Waals surface area contributed by atoms with Gasteiger partial charge in [0.2, 0.25) is 0 Å². The van der Waals surface area contributed by atoms with Crippen LogP contribution in [0.2, 0.25) is 0 Å². The summed E-state index contributed by atoms with van der Waals surface area (Å²) in [5.74, 6) is 2.00. The average Bonchev–Trinajstić information content (AvgIpc) is 2.85. The maximum atomic E-state index is 4.41. The topological polar surface area (TPSA) is 44.3 Å². The Morgan fingerprint density at radius 1 is 1.37 bits per heavy atom. The van der Waals surface area contributed by atoms with E-state index >= 15 is 0 Å². The molecule has 0 spiro atoms. The van der Waals surface area contributed by atoms with Crippen LogP contribution in [0.5, 0.6) is 0 Å². The quantitative estimate of drug-likeness (QED) is 0.895. The molecule has 1 aromatic rings. The number of hydrogen-bond acceptors (Lipinski definition) is 5. The lowest BCUT2D eigenvalue weighted by Crippen LogP contribution is -2.38. The van der Waals surface area contributed by atoms with Gasteiger partial charge in [0.1, 0.15) is 18.0 Å². The Balaban J connectivity index is 2.16. The van der Waals surface area contributed by atoms with Crippen LogP contribution in [-0.4, -0.2) is 48.7 Å². The van der Waals surface area contributed by atoms with Crippen LogP contribution in [0.15, 0.2) is 12.4 Å². The highest BCUT2D eigenvalue weighted by atomic mass is 15.3. The monoisotopic (exact) mass is 263 g/mol. The third-order valence-corrected chi connectivity index (χ3v) is 3.91. The molecule has 106 valence electrons. The molecular formula is C14H25N5. The smallest absolute Gasteiger partial charge is 0.134 e. The van der Waals surface area contributed by atoms with E-state index in [1.54, 1.807) is 6.33 Å². The number of nitrogens with zero attached hydrogens (tertiary/aromatic N) is 4. The molecule has 1 aromatic heterocycles. The summed E-state index contributed by atoms with van der Waals surface area (Å²) in [5.41, 5.74) is 0.0597. The van der Waals surface area contributed by atoms with Crippen LogP contribution in [0.25, 0.3) is 0 Å². The van der Waals surface area contributed by atoms with Crippen molar-refractivity contribution in [2.75, 3.05) is 37.0 Å². The molecule has 0 radical (unpaired) electrons. The summed E-state index contributed by atoms with van der Waals surface area (Å²) in [6, 6.07) is 2.65. The van der Waals surface area contributed by atoms with Gasteiger partial charge in [-0.05, 0) is 34.2 Å². The second-order valence-electron chi connectivity index (χ2n) is 6.18. The van der Waals surface area contributed by atoms with Gasteiger partial charge in [-0.3, -0.25) is 0 Å². The zero-order valence-corrected chi connectivity index (χ0v) is 12.6. The standard InChI is InChI=1S/C14H25N5/c1-14(2,3)18(5)12-8-13(17-10-16-12)19-7-6-11(9-19)15-4/h8,10-11,15H,6-7,9H2,1-5H3. The second kappa shape index (κ2) is 5.33. The minimum atomic E-state index is 0.0597. The zero-order chi connectivity index (χ0) is 14.0. The van der Waals surface area contributed by atoms with E-state index < -0.39 is 0 Å². The molecule has 1 N–H and O–H groups in total. The lowest BCUT2D eigenvalue weighted by atomic mass is 10.1. The van der Waals surface area contributed by atoms with Gasteiger partial charge in [0.25, 0.3) is 0 Å². The third kappa shape index (κ3) is 3.15. The van der Waals surface area contributed by atoms with Crippen LogP contribution in [0.3, 0.4) is 0 Å². The van der Waals surface area contributed by atoms with Crippen molar-refractivity contribution in [2.45, 2.75) is 38.8 Å². The summed E-state index contributed by atoms with van der Waals surface area (Å²) in [7, 11) is 4.10. The fourth-order valence-corrected chi connectivity index (χ4v) is 2.24. The Morgan fingerprint density at radius 3 is 2.68 bits per heavy atom. The second-order valence-corrected chi connectivity index (χ2v) is 6.18. The molecule has 19 heavy (non-hydrogen) atoms. The fourth-order valence-electron chi connectivity index (χ4n) is 2.24. The van der Waals surface area contributed by atoms with E-state index in [9.17, 15) is 0 Å². The number of likely N-dealkylation sites (N-methyl/N-ethyl adjacent to an activating group) is 1. The Labute approximate surface area is 116 Å². The molecular weight excluding hydrogens is 238 g/mol. The van der Waals surface area contributed by atoms with Gasteiger partial charge in [0.15, 0.2) is 0 Å². The van der Waals surface area contributed by atoms with Crippen LogP contribution in [0.1, 0.15) is 27.2 Å². The summed E-state index contributed by atoms with van der Waals surface area (Å²) in [6.07, 6.45) is 2.84. The number of hydrogen-bond donors (Lipinski definition) is 1. The highest BCUT2D eigenvalue weighted by Gasteiger charge is 2.24. The van der Waals surface area contributed by atoms with Crippen molar-refractivity contribution in [1.82, 2.24) is 15.3 Å². The van der Waals surface area contributed by atoms with Crippen molar-refractivity contribution in [1.29, 1.82) is 0 Å². The van der Waals surface area contributed by atoms with Crippen LogP contribution < -0.4 is 15.1 Å². The molecule has 0 bridgehead atoms. The minimum absolute atomic E-state index is 0.0597. The van der Waals surface area contributed by atoms with Crippen LogP contribution >= 0.6 is 0 Å². The molecule has 1 unspecified atom stereocenters. The molecule has 0 aromatic carbocycles. The van der Waals surface area contributed by atoms with E-state index in [0.717, 1.165) is 24.7 Å². The first-order chi connectivity index (χ1) is 8.91. The fraction of sp³-hybridized carbons (Fsp3) is 0.714. The summed E-state index contributed by atoms with van der Waals surface area (Å²) < 4.78 is 0. The van der Waals surface area contributed by atoms with Crippen molar-refractivity contribution >= 4 is 11.6 Å². The Hall–Kier alpha value is -1.36. The molecule has 0 amide bonds. The molecule has 2 heterocycles. The van der Waals surface area contributed by atoms with Crippen molar-refractivity contribution < 1.29 is 0 Å². The van der Waals surface area contributed by atoms with E-state index in [2.05, 4.69) is 59.0 Å². The first kappa shape index (κ1) is 14.1. The van der Waals surface area contributed by atoms with Gasteiger partial charge in [0.05, 0.1) is 0 Å². The van der Waals surface area contributed by atoms with Gasteiger partial charge < -0.3 is 15.1 Å². The first-order valence-electron chi connectivity index (χ1n) is 6.90. The van der Waals surface area contributed by atoms with Crippen LogP contribution in [0.4, 0.5) is 11.6 Å². The maximum absolute atomic E-state index is 4.41.